The number of imidazole rings is 1. The summed E-state index contributed by atoms with van der Waals surface area (Å²) in [5.41, 5.74) is 2.54. The van der Waals surface area contributed by atoms with Gasteiger partial charge in [-0.15, -0.1) is 11.6 Å². The van der Waals surface area contributed by atoms with E-state index >= 15 is 0 Å². The second kappa shape index (κ2) is 5.22. The van der Waals surface area contributed by atoms with Crippen molar-refractivity contribution < 1.29 is 0 Å². The third kappa shape index (κ3) is 2.46. The first-order valence-corrected chi connectivity index (χ1v) is 6.95. The van der Waals surface area contributed by atoms with Crippen LogP contribution in [0.4, 0.5) is 0 Å². The Morgan fingerprint density at radius 1 is 1.26 bits per heavy atom. The fraction of sp³-hybridized carbons (Fsp3) is 0.467. The van der Waals surface area contributed by atoms with Crippen molar-refractivity contribution in [3.05, 3.63) is 29.6 Å². The number of nitrogens with zero attached hydrogens (tertiary/aromatic N) is 3. The summed E-state index contributed by atoms with van der Waals surface area (Å²) < 4.78 is 2.17. The normalized spacial score (nSPS) is 14.6. The molecule has 1 heterocycles. The Morgan fingerprint density at radius 2 is 1.95 bits per heavy atom. The lowest BCUT2D eigenvalue weighted by molar-refractivity contribution is 0.405. The van der Waals surface area contributed by atoms with Crippen molar-refractivity contribution in [3.63, 3.8) is 0 Å². The lowest BCUT2D eigenvalue weighted by Crippen LogP contribution is -2.15. The standard InChI is InChI=1S/C15H18ClN3/c1-9(2)11(4)19-14-7-12(8-17)5-6-13(14)18-15(19)10(3)16/h5-7,9-11H,1-4H3. The summed E-state index contributed by atoms with van der Waals surface area (Å²) in [6.07, 6.45) is 0. The highest BCUT2D eigenvalue weighted by atomic mass is 35.5. The monoisotopic (exact) mass is 275 g/mol. The van der Waals surface area contributed by atoms with E-state index in [1.54, 1.807) is 6.07 Å². The van der Waals surface area contributed by atoms with E-state index in [1.807, 2.05) is 19.1 Å². The van der Waals surface area contributed by atoms with Crippen molar-refractivity contribution in [1.29, 1.82) is 5.26 Å². The van der Waals surface area contributed by atoms with E-state index in [2.05, 4.69) is 36.4 Å². The van der Waals surface area contributed by atoms with Crippen LogP contribution in [0.2, 0.25) is 0 Å². The highest BCUT2D eigenvalue weighted by Gasteiger charge is 2.21. The van der Waals surface area contributed by atoms with E-state index < -0.39 is 0 Å². The lowest BCUT2D eigenvalue weighted by atomic mass is 10.1. The highest BCUT2D eigenvalue weighted by Crippen LogP contribution is 2.31. The summed E-state index contributed by atoms with van der Waals surface area (Å²) in [6.45, 7) is 8.44. The van der Waals surface area contributed by atoms with E-state index in [1.165, 1.54) is 0 Å². The molecule has 0 saturated carbocycles. The van der Waals surface area contributed by atoms with Crippen LogP contribution in [0.3, 0.4) is 0 Å². The first-order valence-electron chi connectivity index (χ1n) is 6.51. The van der Waals surface area contributed by atoms with Crippen LogP contribution in [0.1, 0.15) is 50.5 Å². The van der Waals surface area contributed by atoms with Crippen LogP contribution < -0.4 is 0 Å². The van der Waals surface area contributed by atoms with E-state index in [-0.39, 0.29) is 11.4 Å². The maximum absolute atomic E-state index is 9.05. The molecular weight excluding hydrogens is 258 g/mol. The number of hydrogen-bond acceptors (Lipinski definition) is 2. The molecule has 0 radical (unpaired) electrons. The second-order valence-electron chi connectivity index (χ2n) is 5.26. The molecule has 2 atom stereocenters. The van der Waals surface area contributed by atoms with Gasteiger partial charge in [-0.3, -0.25) is 0 Å². The van der Waals surface area contributed by atoms with Crippen molar-refractivity contribution in [2.75, 3.05) is 0 Å². The van der Waals surface area contributed by atoms with Gasteiger partial charge >= 0.3 is 0 Å². The van der Waals surface area contributed by atoms with Gasteiger partial charge in [0.25, 0.3) is 0 Å². The zero-order valence-electron chi connectivity index (χ0n) is 11.7. The van der Waals surface area contributed by atoms with Gasteiger partial charge in [0.2, 0.25) is 0 Å². The lowest BCUT2D eigenvalue weighted by Gasteiger charge is -2.22. The third-order valence-electron chi connectivity index (χ3n) is 3.57. The SMILES string of the molecule is CC(Cl)c1nc2ccc(C#N)cc2n1C(C)C(C)C. The summed E-state index contributed by atoms with van der Waals surface area (Å²) in [4.78, 5) is 4.61. The Balaban J connectivity index is 2.74. The number of fused-ring (bicyclic) bond motifs is 1. The molecule has 1 aromatic carbocycles. The molecular formula is C15H18ClN3. The number of halogens is 1. The summed E-state index contributed by atoms with van der Waals surface area (Å²) in [6, 6.07) is 8.04. The molecule has 0 N–H and O–H groups in total. The maximum atomic E-state index is 9.05. The molecule has 0 saturated heterocycles. The molecule has 0 aliphatic rings. The number of rotatable bonds is 3. The molecule has 2 aromatic rings. The van der Waals surface area contributed by atoms with Gasteiger partial charge in [-0.1, -0.05) is 13.8 Å². The van der Waals surface area contributed by atoms with Crippen LogP contribution in [0.25, 0.3) is 11.0 Å². The first-order chi connectivity index (χ1) is 8.95. The molecule has 19 heavy (non-hydrogen) atoms. The van der Waals surface area contributed by atoms with E-state index in [0.717, 1.165) is 16.9 Å². The Hall–Kier alpha value is -1.53. The van der Waals surface area contributed by atoms with Gasteiger partial charge in [-0.05, 0) is 38.0 Å². The van der Waals surface area contributed by atoms with E-state index in [0.29, 0.717) is 11.5 Å². The Labute approximate surface area is 118 Å². The van der Waals surface area contributed by atoms with Crippen molar-refractivity contribution in [3.8, 4) is 6.07 Å². The van der Waals surface area contributed by atoms with Crippen LogP contribution in [0, 0.1) is 17.2 Å². The van der Waals surface area contributed by atoms with Crippen LogP contribution in [0.5, 0.6) is 0 Å². The molecule has 0 spiro atoms. The van der Waals surface area contributed by atoms with Gasteiger partial charge in [0, 0.05) is 6.04 Å². The Morgan fingerprint density at radius 3 is 2.47 bits per heavy atom. The fourth-order valence-corrected chi connectivity index (χ4v) is 2.34. The van der Waals surface area contributed by atoms with Gasteiger partial charge in [0.15, 0.2) is 0 Å². The predicted molar refractivity (Wildman–Crippen MR) is 78.3 cm³/mol. The Bertz CT molecular complexity index is 635. The minimum atomic E-state index is -0.154. The summed E-state index contributed by atoms with van der Waals surface area (Å²) in [5, 5.41) is 8.89. The van der Waals surface area contributed by atoms with Crippen molar-refractivity contribution in [2.45, 2.75) is 39.1 Å². The number of aromatic nitrogens is 2. The third-order valence-corrected chi connectivity index (χ3v) is 3.77. The zero-order valence-corrected chi connectivity index (χ0v) is 12.4. The molecule has 2 unspecified atom stereocenters. The predicted octanol–water partition coefficient (Wildman–Crippen LogP) is 4.42. The number of alkyl halides is 1. The minimum Gasteiger partial charge on any atom is -0.324 e. The summed E-state index contributed by atoms with van der Waals surface area (Å²) in [5.74, 6) is 1.34. The smallest absolute Gasteiger partial charge is 0.127 e. The quantitative estimate of drug-likeness (QED) is 0.778. The molecule has 0 aliphatic carbocycles. The largest absolute Gasteiger partial charge is 0.324 e. The van der Waals surface area contributed by atoms with Gasteiger partial charge in [-0.2, -0.15) is 5.26 Å². The van der Waals surface area contributed by atoms with Crippen molar-refractivity contribution in [1.82, 2.24) is 9.55 Å². The van der Waals surface area contributed by atoms with Crippen LogP contribution >= 0.6 is 11.6 Å². The van der Waals surface area contributed by atoms with Crippen molar-refractivity contribution in [2.24, 2.45) is 5.92 Å². The summed E-state index contributed by atoms with van der Waals surface area (Å²) in [7, 11) is 0. The molecule has 0 aliphatic heterocycles. The molecule has 100 valence electrons. The van der Waals surface area contributed by atoms with Crippen LogP contribution in [0.15, 0.2) is 18.2 Å². The van der Waals surface area contributed by atoms with E-state index in [4.69, 9.17) is 16.9 Å². The maximum Gasteiger partial charge on any atom is 0.127 e. The van der Waals surface area contributed by atoms with Gasteiger partial charge < -0.3 is 4.57 Å². The molecule has 3 nitrogen and oxygen atoms in total. The average molecular weight is 276 g/mol. The van der Waals surface area contributed by atoms with Crippen LogP contribution in [-0.4, -0.2) is 9.55 Å². The molecule has 4 heteroatoms. The van der Waals surface area contributed by atoms with Gasteiger partial charge in [0.05, 0.1) is 28.0 Å². The number of nitriles is 1. The topological polar surface area (TPSA) is 41.6 Å². The minimum absolute atomic E-state index is 0.154. The van der Waals surface area contributed by atoms with Gasteiger partial charge in [0.1, 0.15) is 5.82 Å². The summed E-state index contributed by atoms with van der Waals surface area (Å²) >= 11 is 6.25. The molecule has 0 fully saturated rings. The average Bonchev–Trinajstić information content (AvgIpc) is 2.75. The van der Waals surface area contributed by atoms with Gasteiger partial charge in [-0.25, -0.2) is 4.98 Å². The molecule has 0 amide bonds. The molecule has 0 bridgehead atoms. The highest BCUT2D eigenvalue weighted by molar-refractivity contribution is 6.20. The fourth-order valence-electron chi connectivity index (χ4n) is 2.19. The molecule has 1 aromatic heterocycles. The Kier molecular flexibility index (Phi) is 3.82. The van der Waals surface area contributed by atoms with Crippen molar-refractivity contribution >= 4 is 22.6 Å². The number of benzene rings is 1. The molecule has 2 rings (SSSR count). The second-order valence-corrected chi connectivity index (χ2v) is 5.91. The number of hydrogen-bond donors (Lipinski definition) is 0. The zero-order chi connectivity index (χ0) is 14.2. The van der Waals surface area contributed by atoms with E-state index in [9.17, 15) is 0 Å². The van der Waals surface area contributed by atoms with Crippen LogP contribution in [-0.2, 0) is 0 Å². The first kappa shape index (κ1) is 13.9.